The van der Waals surface area contributed by atoms with Gasteiger partial charge in [0.05, 0.1) is 5.69 Å². The summed E-state index contributed by atoms with van der Waals surface area (Å²) < 4.78 is 0. The summed E-state index contributed by atoms with van der Waals surface area (Å²) >= 11 is 5.99. The Kier molecular flexibility index (Phi) is 8.39. The summed E-state index contributed by atoms with van der Waals surface area (Å²) in [6, 6.07) is 21.3. The van der Waals surface area contributed by atoms with Gasteiger partial charge in [-0.25, -0.2) is 0 Å². The molecule has 0 bridgehead atoms. The van der Waals surface area contributed by atoms with Crippen molar-refractivity contribution < 1.29 is 0 Å². The number of H-pyrrole nitrogens is 1. The molecule has 0 saturated carbocycles. The summed E-state index contributed by atoms with van der Waals surface area (Å²) in [5.74, 6) is 1.05. The van der Waals surface area contributed by atoms with Crippen LogP contribution in [0.25, 0.3) is 11.3 Å². The molecule has 1 fully saturated rings. The molecule has 1 unspecified atom stereocenters. The number of anilines is 1. The lowest BCUT2D eigenvalue weighted by Crippen LogP contribution is -2.41. The summed E-state index contributed by atoms with van der Waals surface area (Å²) in [4.78, 5) is 2.46. The number of halogens is 3. The Hall–Kier alpha value is -1.30. The zero-order chi connectivity index (χ0) is 17.1. The molecule has 1 atom stereocenters. The number of nitrogens with zero attached hydrogens (tertiary/aromatic N) is 2. The third kappa shape index (κ3) is 5.37. The highest BCUT2D eigenvalue weighted by atomic mass is 79.9. The van der Waals surface area contributed by atoms with Crippen LogP contribution in [0.3, 0.4) is 0 Å². The third-order valence-electron chi connectivity index (χ3n) is 4.96. The molecule has 1 N–H and O–H groups in total. The fraction of sp³-hybridized carbons (Fsp3) is 0.286. The predicted molar refractivity (Wildman–Crippen MR) is 125 cm³/mol. The average Bonchev–Trinajstić information content (AvgIpc) is 3.14. The first-order valence-electron chi connectivity index (χ1n) is 8.91. The smallest absolute Gasteiger partial charge is 0.151 e. The zero-order valence-electron chi connectivity index (χ0n) is 15.0. The van der Waals surface area contributed by atoms with E-state index in [4.69, 9.17) is 11.6 Å². The summed E-state index contributed by atoms with van der Waals surface area (Å²) in [6.07, 6.45) is 4.82. The van der Waals surface area contributed by atoms with Gasteiger partial charge in [-0.3, -0.25) is 5.10 Å². The maximum atomic E-state index is 5.99. The van der Waals surface area contributed by atoms with E-state index in [1.54, 1.807) is 0 Å². The third-order valence-corrected chi connectivity index (χ3v) is 5.21. The quantitative estimate of drug-likeness (QED) is 0.433. The number of hydrogen-bond acceptors (Lipinski definition) is 2. The molecule has 0 amide bonds. The van der Waals surface area contributed by atoms with E-state index in [9.17, 15) is 0 Å². The number of rotatable bonds is 4. The van der Waals surface area contributed by atoms with Gasteiger partial charge in [-0.15, -0.1) is 34.0 Å². The van der Waals surface area contributed by atoms with Crippen molar-refractivity contribution in [2.75, 3.05) is 11.4 Å². The van der Waals surface area contributed by atoms with E-state index in [1.807, 2.05) is 24.3 Å². The van der Waals surface area contributed by atoms with Crippen molar-refractivity contribution in [1.82, 2.24) is 10.2 Å². The van der Waals surface area contributed by atoms with Crippen LogP contribution < -0.4 is 4.90 Å². The van der Waals surface area contributed by atoms with Crippen LogP contribution in [0.15, 0.2) is 60.7 Å². The number of aromatic nitrogens is 2. The zero-order valence-corrected chi connectivity index (χ0v) is 19.2. The molecule has 0 aliphatic carbocycles. The van der Waals surface area contributed by atoms with Gasteiger partial charge >= 0.3 is 0 Å². The molecular formula is C21H24Br2ClN3. The largest absolute Gasteiger partial charge is 0.352 e. The standard InChI is InChI=1S/C21H22ClN3.2BrH/c22-18-11-9-17(10-12-18)20-15-21(24-23-20)25-13-5-4-8-19(25)14-16-6-2-1-3-7-16;;/h1-3,6-7,9-12,15,19H,4-5,8,13-14H2,(H,23,24);2*1H. The highest BCUT2D eigenvalue weighted by molar-refractivity contribution is 8.93. The Morgan fingerprint density at radius 1 is 1.00 bits per heavy atom. The van der Waals surface area contributed by atoms with E-state index in [-0.39, 0.29) is 34.0 Å². The normalized spacial score (nSPS) is 16.3. The highest BCUT2D eigenvalue weighted by Crippen LogP contribution is 2.29. The Morgan fingerprint density at radius 2 is 1.74 bits per heavy atom. The second-order valence-corrected chi connectivity index (χ2v) is 7.12. The molecule has 3 nitrogen and oxygen atoms in total. The molecule has 1 aliphatic heterocycles. The SMILES string of the molecule is Br.Br.Clc1ccc(-c2cc(N3CCCCC3Cc3ccccc3)n[nH]2)cc1. The Balaban J connectivity index is 0.00000131. The van der Waals surface area contributed by atoms with E-state index in [2.05, 4.69) is 51.5 Å². The van der Waals surface area contributed by atoms with Gasteiger partial charge in [0.15, 0.2) is 5.82 Å². The van der Waals surface area contributed by atoms with Gasteiger partial charge in [-0.2, -0.15) is 5.10 Å². The summed E-state index contributed by atoms with van der Waals surface area (Å²) in [7, 11) is 0. The minimum Gasteiger partial charge on any atom is -0.352 e. The fourth-order valence-corrected chi connectivity index (χ4v) is 3.76. The number of nitrogens with one attached hydrogen (secondary N) is 1. The Bertz CT molecular complexity index is 821. The van der Waals surface area contributed by atoms with E-state index in [0.29, 0.717) is 6.04 Å². The van der Waals surface area contributed by atoms with Crippen LogP contribution in [0.2, 0.25) is 5.02 Å². The monoisotopic (exact) mass is 511 g/mol. The van der Waals surface area contributed by atoms with Gasteiger partial charge in [-0.05, 0) is 48.9 Å². The second kappa shape index (κ2) is 10.3. The van der Waals surface area contributed by atoms with Crippen LogP contribution >= 0.6 is 45.6 Å². The fourth-order valence-electron chi connectivity index (χ4n) is 3.64. The minimum absolute atomic E-state index is 0. The number of benzene rings is 2. The van der Waals surface area contributed by atoms with Gasteiger partial charge in [0.2, 0.25) is 0 Å². The number of piperidine rings is 1. The predicted octanol–water partition coefficient (Wildman–Crippen LogP) is 6.49. The topological polar surface area (TPSA) is 31.9 Å². The van der Waals surface area contributed by atoms with Crippen LogP contribution in [0.1, 0.15) is 24.8 Å². The molecule has 0 radical (unpaired) electrons. The molecule has 27 heavy (non-hydrogen) atoms. The molecule has 6 heteroatoms. The molecule has 0 spiro atoms. The molecule has 3 aromatic rings. The maximum Gasteiger partial charge on any atom is 0.151 e. The molecule has 1 aromatic heterocycles. The molecule has 2 aromatic carbocycles. The van der Waals surface area contributed by atoms with Crippen LogP contribution in [-0.2, 0) is 6.42 Å². The van der Waals surface area contributed by atoms with Gasteiger partial charge in [-0.1, -0.05) is 54.1 Å². The van der Waals surface area contributed by atoms with Crippen molar-refractivity contribution in [3.05, 3.63) is 71.2 Å². The molecule has 2 heterocycles. The average molecular weight is 514 g/mol. The molecule has 1 saturated heterocycles. The van der Waals surface area contributed by atoms with Gasteiger partial charge < -0.3 is 4.90 Å². The second-order valence-electron chi connectivity index (χ2n) is 6.68. The minimum atomic E-state index is 0. The molecule has 4 rings (SSSR count). The van der Waals surface area contributed by atoms with Gasteiger partial charge in [0, 0.05) is 23.7 Å². The van der Waals surface area contributed by atoms with Crippen molar-refractivity contribution in [2.24, 2.45) is 0 Å². The van der Waals surface area contributed by atoms with E-state index < -0.39 is 0 Å². The molecular weight excluding hydrogens is 490 g/mol. The first kappa shape index (κ1) is 22.0. The van der Waals surface area contributed by atoms with Gasteiger partial charge in [0.1, 0.15) is 0 Å². The molecule has 144 valence electrons. The lowest BCUT2D eigenvalue weighted by atomic mass is 9.95. The van der Waals surface area contributed by atoms with Gasteiger partial charge in [0.25, 0.3) is 0 Å². The first-order valence-corrected chi connectivity index (χ1v) is 9.29. The van der Waals surface area contributed by atoms with Crippen molar-refractivity contribution in [3.63, 3.8) is 0 Å². The highest BCUT2D eigenvalue weighted by Gasteiger charge is 2.24. The van der Waals surface area contributed by atoms with Crippen LogP contribution in [0.5, 0.6) is 0 Å². The lowest BCUT2D eigenvalue weighted by Gasteiger charge is -2.36. The van der Waals surface area contributed by atoms with Crippen LogP contribution in [0.4, 0.5) is 5.82 Å². The van der Waals surface area contributed by atoms with Crippen molar-refractivity contribution in [1.29, 1.82) is 0 Å². The summed E-state index contributed by atoms with van der Waals surface area (Å²) in [5.41, 5.74) is 3.54. The van der Waals surface area contributed by atoms with Crippen LogP contribution in [0, 0.1) is 0 Å². The number of aromatic amines is 1. The Morgan fingerprint density at radius 3 is 2.48 bits per heavy atom. The Labute approximate surface area is 186 Å². The number of hydrogen-bond donors (Lipinski definition) is 1. The van der Waals surface area contributed by atoms with Crippen molar-refractivity contribution in [3.8, 4) is 11.3 Å². The van der Waals surface area contributed by atoms with E-state index in [1.165, 1.54) is 24.8 Å². The van der Waals surface area contributed by atoms with E-state index in [0.717, 1.165) is 35.1 Å². The maximum absolute atomic E-state index is 5.99. The van der Waals surface area contributed by atoms with Crippen molar-refractivity contribution in [2.45, 2.75) is 31.7 Å². The summed E-state index contributed by atoms with van der Waals surface area (Å²) in [6.45, 7) is 1.07. The summed E-state index contributed by atoms with van der Waals surface area (Å²) in [5, 5.41) is 8.54. The van der Waals surface area contributed by atoms with E-state index >= 15 is 0 Å². The molecule has 1 aliphatic rings. The first-order chi connectivity index (χ1) is 12.3. The van der Waals surface area contributed by atoms with Crippen molar-refractivity contribution >= 4 is 51.4 Å². The van der Waals surface area contributed by atoms with Crippen LogP contribution in [-0.4, -0.2) is 22.8 Å². The lowest BCUT2D eigenvalue weighted by molar-refractivity contribution is 0.454.